The van der Waals surface area contributed by atoms with Gasteiger partial charge in [-0.05, 0) is 49.2 Å². The summed E-state index contributed by atoms with van der Waals surface area (Å²) < 4.78 is 5.18. The monoisotopic (exact) mass is 395 g/mol. The molecule has 2 aromatic carbocycles. The number of rotatable bonds is 6. The van der Waals surface area contributed by atoms with E-state index in [0.717, 1.165) is 30.0 Å². The molecule has 2 aromatic rings. The Labute approximate surface area is 172 Å². The molecule has 6 nitrogen and oxygen atoms in total. The number of carbonyl (C=O) groups is 2. The molecule has 0 aromatic heterocycles. The molecule has 1 heterocycles. The number of hydrogen-bond acceptors (Lipinski definition) is 4. The highest BCUT2D eigenvalue weighted by Gasteiger charge is 2.25. The van der Waals surface area contributed by atoms with E-state index in [9.17, 15) is 9.59 Å². The average Bonchev–Trinajstić information content (AvgIpc) is 2.74. The van der Waals surface area contributed by atoms with Gasteiger partial charge in [0, 0.05) is 30.7 Å². The molecule has 0 saturated carbocycles. The van der Waals surface area contributed by atoms with Gasteiger partial charge in [-0.25, -0.2) is 0 Å². The van der Waals surface area contributed by atoms with Gasteiger partial charge in [-0.15, -0.1) is 0 Å². The zero-order valence-corrected chi connectivity index (χ0v) is 17.3. The lowest BCUT2D eigenvalue weighted by molar-refractivity contribution is -0.135. The summed E-state index contributed by atoms with van der Waals surface area (Å²) in [6.07, 6.45) is 1.55. The first-order valence-corrected chi connectivity index (χ1v) is 10.1. The van der Waals surface area contributed by atoms with Crippen molar-refractivity contribution in [1.29, 1.82) is 0 Å². The Morgan fingerprint density at radius 2 is 1.69 bits per heavy atom. The summed E-state index contributed by atoms with van der Waals surface area (Å²) in [6.45, 7) is 5.22. The number of hydrogen-bond donors (Lipinski definition) is 2. The van der Waals surface area contributed by atoms with Gasteiger partial charge in [0.15, 0.2) is 0 Å². The topological polar surface area (TPSA) is 70.7 Å². The molecular weight excluding hydrogens is 366 g/mol. The van der Waals surface area contributed by atoms with Gasteiger partial charge in [0.2, 0.25) is 5.91 Å². The Balaban J connectivity index is 1.62. The highest BCUT2D eigenvalue weighted by atomic mass is 16.5. The summed E-state index contributed by atoms with van der Waals surface area (Å²) >= 11 is 0. The molecule has 0 spiro atoms. The number of anilines is 2. The van der Waals surface area contributed by atoms with Crippen LogP contribution in [0.5, 0.6) is 5.75 Å². The number of nitrogens with zero attached hydrogens (tertiary/aromatic N) is 1. The summed E-state index contributed by atoms with van der Waals surface area (Å²) in [7, 11) is 1.63. The van der Waals surface area contributed by atoms with Crippen LogP contribution in [0.3, 0.4) is 0 Å². The maximum atomic E-state index is 12.9. The van der Waals surface area contributed by atoms with Gasteiger partial charge in [-0.2, -0.15) is 0 Å². The van der Waals surface area contributed by atoms with Crippen LogP contribution in [0, 0.1) is 5.92 Å². The van der Waals surface area contributed by atoms with E-state index in [0.29, 0.717) is 18.7 Å². The molecule has 1 saturated heterocycles. The van der Waals surface area contributed by atoms with Crippen molar-refractivity contribution in [2.75, 3.05) is 25.5 Å². The fourth-order valence-electron chi connectivity index (χ4n) is 3.49. The van der Waals surface area contributed by atoms with Crippen molar-refractivity contribution < 1.29 is 14.3 Å². The molecule has 0 aliphatic carbocycles. The van der Waals surface area contributed by atoms with E-state index in [1.54, 1.807) is 7.11 Å². The Morgan fingerprint density at radius 1 is 1.03 bits per heavy atom. The summed E-state index contributed by atoms with van der Waals surface area (Å²) in [4.78, 5) is 26.9. The number of methoxy groups -OCH3 is 1. The molecule has 1 fully saturated rings. The molecule has 0 unspecified atom stereocenters. The maximum absolute atomic E-state index is 12.9. The number of likely N-dealkylation sites (tertiary alicyclic amines) is 1. The number of amides is 2. The van der Waals surface area contributed by atoms with Crippen molar-refractivity contribution in [3.63, 3.8) is 0 Å². The van der Waals surface area contributed by atoms with Crippen LogP contribution in [-0.2, 0) is 4.79 Å². The summed E-state index contributed by atoms with van der Waals surface area (Å²) in [5.74, 6) is 0.875. The number of benzene rings is 2. The fourth-order valence-corrected chi connectivity index (χ4v) is 3.49. The lowest BCUT2D eigenvalue weighted by Gasteiger charge is -2.33. The molecule has 0 bridgehead atoms. The van der Waals surface area contributed by atoms with Crippen molar-refractivity contribution in [3.8, 4) is 5.75 Å². The number of carbonyl (C=O) groups excluding carboxylic acids is 2. The molecule has 2 amide bonds. The van der Waals surface area contributed by atoms with Gasteiger partial charge in [-0.3, -0.25) is 9.59 Å². The van der Waals surface area contributed by atoms with Gasteiger partial charge in [-0.1, -0.05) is 26.0 Å². The zero-order valence-electron chi connectivity index (χ0n) is 17.3. The van der Waals surface area contributed by atoms with Crippen LogP contribution in [0.15, 0.2) is 48.5 Å². The van der Waals surface area contributed by atoms with Crippen LogP contribution < -0.4 is 15.4 Å². The second-order valence-corrected chi connectivity index (χ2v) is 7.63. The van der Waals surface area contributed by atoms with Gasteiger partial charge in [0.05, 0.1) is 18.4 Å². The molecule has 6 heteroatoms. The number of ether oxygens (including phenoxy) is 1. The lowest BCUT2D eigenvalue weighted by Crippen LogP contribution is -2.47. The predicted molar refractivity (Wildman–Crippen MR) is 115 cm³/mol. The average molecular weight is 396 g/mol. The minimum absolute atomic E-state index is 0.0112. The second kappa shape index (κ2) is 9.45. The zero-order chi connectivity index (χ0) is 20.8. The molecule has 154 valence electrons. The normalized spacial score (nSPS) is 14.6. The molecule has 0 radical (unpaired) electrons. The number of para-hydroxylation sites is 1. The van der Waals surface area contributed by atoms with Crippen molar-refractivity contribution >= 4 is 23.2 Å². The van der Waals surface area contributed by atoms with E-state index in [1.807, 2.05) is 67.3 Å². The predicted octanol–water partition coefficient (Wildman–Crippen LogP) is 3.82. The van der Waals surface area contributed by atoms with E-state index in [-0.39, 0.29) is 23.8 Å². The van der Waals surface area contributed by atoms with Gasteiger partial charge in [0.1, 0.15) is 5.75 Å². The molecule has 29 heavy (non-hydrogen) atoms. The Bertz CT molecular complexity index is 841. The first kappa shape index (κ1) is 20.7. The van der Waals surface area contributed by atoms with Crippen molar-refractivity contribution in [2.45, 2.75) is 32.7 Å². The first-order chi connectivity index (χ1) is 14.0. The van der Waals surface area contributed by atoms with E-state index in [1.165, 1.54) is 0 Å². The Kier molecular flexibility index (Phi) is 6.75. The third-order valence-electron chi connectivity index (χ3n) is 5.18. The smallest absolute Gasteiger partial charge is 0.253 e. The standard InChI is InChI=1S/C23H29N3O3/c1-16(2)23(28)26-14-12-18(13-15-26)25-22(27)20-6-4-5-7-21(20)24-17-8-10-19(29-3)11-9-17/h4-11,16,18,24H,12-15H2,1-3H3,(H,25,27). The quantitative estimate of drug-likeness (QED) is 0.780. The summed E-state index contributed by atoms with van der Waals surface area (Å²) in [6, 6.07) is 15.1. The van der Waals surface area contributed by atoms with Crippen molar-refractivity contribution in [2.24, 2.45) is 5.92 Å². The van der Waals surface area contributed by atoms with Crippen LogP contribution in [0.25, 0.3) is 0 Å². The first-order valence-electron chi connectivity index (χ1n) is 10.1. The third kappa shape index (κ3) is 5.28. The van der Waals surface area contributed by atoms with Crippen molar-refractivity contribution in [1.82, 2.24) is 10.2 Å². The van der Waals surface area contributed by atoms with Crippen molar-refractivity contribution in [3.05, 3.63) is 54.1 Å². The molecule has 3 rings (SSSR count). The van der Waals surface area contributed by atoms with Gasteiger partial charge >= 0.3 is 0 Å². The highest BCUT2D eigenvalue weighted by molar-refractivity contribution is 6.00. The molecule has 0 atom stereocenters. The van der Waals surface area contributed by atoms with Crippen LogP contribution >= 0.6 is 0 Å². The largest absolute Gasteiger partial charge is 0.497 e. The second-order valence-electron chi connectivity index (χ2n) is 7.63. The molecule has 1 aliphatic rings. The highest BCUT2D eigenvalue weighted by Crippen LogP contribution is 2.23. The third-order valence-corrected chi connectivity index (χ3v) is 5.18. The van der Waals surface area contributed by atoms with Crippen LogP contribution in [-0.4, -0.2) is 43.0 Å². The fraction of sp³-hybridized carbons (Fsp3) is 0.391. The van der Waals surface area contributed by atoms with Gasteiger partial charge in [0.25, 0.3) is 5.91 Å². The van der Waals surface area contributed by atoms with E-state index in [2.05, 4.69) is 10.6 Å². The minimum atomic E-state index is -0.102. The Hall–Kier alpha value is -3.02. The van der Waals surface area contributed by atoms with Crippen LogP contribution in [0.2, 0.25) is 0 Å². The van der Waals surface area contributed by atoms with E-state index in [4.69, 9.17) is 4.74 Å². The number of piperidine rings is 1. The van der Waals surface area contributed by atoms with E-state index < -0.39 is 0 Å². The SMILES string of the molecule is COc1ccc(Nc2ccccc2C(=O)NC2CCN(C(=O)C(C)C)CC2)cc1. The molecular formula is C23H29N3O3. The maximum Gasteiger partial charge on any atom is 0.253 e. The lowest BCUT2D eigenvalue weighted by atomic mass is 10.0. The van der Waals surface area contributed by atoms with Crippen LogP contribution in [0.1, 0.15) is 37.0 Å². The summed E-state index contributed by atoms with van der Waals surface area (Å²) in [5, 5.41) is 6.44. The van der Waals surface area contributed by atoms with Gasteiger partial charge < -0.3 is 20.3 Å². The minimum Gasteiger partial charge on any atom is -0.497 e. The Morgan fingerprint density at radius 3 is 2.31 bits per heavy atom. The summed E-state index contributed by atoms with van der Waals surface area (Å²) in [5.41, 5.74) is 2.23. The number of nitrogens with one attached hydrogen (secondary N) is 2. The molecule has 1 aliphatic heterocycles. The molecule has 2 N–H and O–H groups in total. The van der Waals surface area contributed by atoms with Crippen LogP contribution in [0.4, 0.5) is 11.4 Å². The van der Waals surface area contributed by atoms with E-state index >= 15 is 0 Å².